The molecule has 8 heteroatoms. The Morgan fingerprint density at radius 2 is 1.65 bits per heavy atom. The zero-order valence-corrected chi connectivity index (χ0v) is 16.4. The lowest BCUT2D eigenvalue weighted by Gasteiger charge is -2.15. The van der Waals surface area contributed by atoms with Crippen molar-refractivity contribution >= 4 is 5.82 Å². The minimum Gasteiger partial charge on any atom is -0.364 e. The monoisotopic (exact) mass is 426 g/mol. The lowest BCUT2D eigenvalue weighted by molar-refractivity contribution is -0.137. The second-order valence-corrected chi connectivity index (χ2v) is 7.08. The molecule has 2 heterocycles. The van der Waals surface area contributed by atoms with E-state index in [0.29, 0.717) is 17.1 Å². The maximum Gasteiger partial charge on any atom is 0.416 e. The van der Waals surface area contributed by atoms with Crippen LogP contribution in [0.4, 0.5) is 23.4 Å². The predicted molar refractivity (Wildman–Crippen MR) is 111 cm³/mol. The quantitative estimate of drug-likeness (QED) is 0.360. The molecule has 0 radical (unpaired) electrons. The molecule has 0 bridgehead atoms. The Morgan fingerprint density at radius 3 is 2.32 bits per heavy atom. The first-order valence-electron chi connectivity index (χ1n) is 9.51. The van der Waals surface area contributed by atoms with Crippen molar-refractivity contribution in [3.05, 3.63) is 90.0 Å². The van der Waals surface area contributed by atoms with Gasteiger partial charge in [0.05, 0.1) is 17.5 Å². The molecule has 0 saturated heterocycles. The van der Waals surface area contributed by atoms with Gasteiger partial charge in [-0.25, -0.2) is 9.37 Å². The van der Waals surface area contributed by atoms with Crippen LogP contribution in [-0.4, -0.2) is 15.2 Å². The molecule has 0 aliphatic rings. The summed E-state index contributed by atoms with van der Waals surface area (Å²) in [6, 6.07) is 14.7. The molecule has 0 spiro atoms. The molecule has 4 nitrogen and oxygen atoms in total. The minimum absolute atomic E-state index is 0.109. The second kappa shape index (κ2) is 8.22. The average Bonchev–Trinajstić information content (AvgIpc) is 3.24. The number of nitrogens with one attached hydrogen (secondary N) is 2. The third-order valence-electron chi connectivity index (χ3n) is 4.95. The first-order chi connectivity index (χ1) is 14.8. The largest absolute Gasteiger partial charge is 0.416 e. The van der Waals surface area contributed by atoms with Crippen molar-refractivity contribution in [3.63, 3.8) is 0 Å². The Balaban J connectivity index is 1.59. The molecule has 0 fully saturated rings. The van der Waals surface area contributed by atoms with Gasteiger partial charge in [-0.2, -0.15) is 18.3 Å². The smallest absolute Gasteiger partial charge is 0.364 e. The fourth-order valence-electron chi connectivity index (χ4n) is 3.28. The third kappa shape index (κ3) is 4.58. The van der Waals surface area contributed by atoms with E-state index in [1.54, 1.807) is 30.6 Å². The van der Waals surface area contributed by atoms with Crippen LogP contribution in [0.5, 0.6) is 0 Å². The Kier molecular flexibility index (Phi) is 5.46. The van der Waals surface area contributed by atoms with Gasteiger partial charge in [-0.05, 0) is 54.4 Å². The first kappa shape index (κ1) is 20.6. The molecule has 4 aromatic rings. The standard InChI is InChI=1S/C23H18F4N4/c1-14(15-4-8-19(24)9-5-15)30-21-12-17(10-11-28-21)20-13-29-31-22(20)16-2-6-18(7-3-16)23(25,26)27/h2-14H,1H3,(H,28,30)(H,29,31). The summed E-state index contributed by atoms with van der Waals surface area (Å²) in [6.07, 6.45) is -1.13. The highest BCUT2D eigenvalue weighted by Crippen LogP contribution is 2.34. The molecule has 4 rings (SSSR count). The summed E-state index contributed by atoms with van der Waals surface area (Å²) in [5.41, 5.74) is 2.93. The van der Waals surface area contributed by atoms with Gasteiger partial charge < -0.3 is 5.32 Å². The molecule has 1 atom stereocenters. The number of hydrogen-bond acceptors (Lipinski definition) is 3. The van der Waals surface area contributed by atoms with Crippen LogP contribution in [0.2, 0.25) is 0 Å². The fourth-order valence-corrected chi connectivity index (χ4v) is 3.28. The van der Waals surface area contributed by atoms with E-state index in [9.17, 15) is 17.6 Å². The number of anilines is 1. The zero-order chi connectivity index (χ0) is 22.0. The average molecular weight is 426 g/mol. The van der Waals surface area contributed by atoms with Gasteiger partial charge in [0, 0.05) is 23.4 Å². The number of aromatic amines is 1. The van der Waals surface area contributed by atoms with Gasteiger partial charge in [-0.3, -0.25) is 5.10 Å². The molecule has 0 aliphatic heterocycles. The number of H-pyrrole nitrogens is 1. The van der Waals surface area contributed by atoms with E-state index in [1.807, 2.05) is 13.0 Å². The number of rotatable bonds is 5. The van der Waals surface area contributed by atoms with E-state index in [-0.39, 0.29) is 11.9 Å². The molecule has 2 aromatic carbocycles. The van der Waals surface area contributed by atoms with Crippen LogP contribution in [0.15, 0.2) is 73.1 Å². The van der Waals surface area contributed by atoms with Crippen LogP contribution in [0.1, 0.15) is 24.1 Å². The number of halogens is 4. The first-order valence-corrected chi connectivity index (χ1v) is 9.51. The SMILES string of the molecule is CC(Nc1cc(-c2cn[nH]c2-c2ccc(C(F)(F)F)cc2)ccn1)c1ccc(F)cc1. The Morgan fingerprint density at radius 1 is 0.935 bits per heavy atom. The summed E-state index contributed by atoms with van der Waals surface area (Å²) in [6.45, 7) is 1.94. The lowest BCUT2D eigenvalue weighted by atomic mass is 10.0. The van der Waals surface area contributed by atoms with Crippen LogP contribution < -0.4 is 5.32 Å². The van der Waals surface area contributed by atoms with Gasteiger partial charge in [0.25, 0.3) is 0 Å². The molecule has 0 aliphatic carbocycles. The maximum atomic E-state index is 13.1. The van der Waals surface area contributed by atoms with Gasteiger partial charge in [-0.1, -0.05) is 24.3 Å². The molecular weight excluding hydrogens is 408 g/mol. The van der Waals surface area contributed by atoms with Gasteiger partial charge in [0.2, 0.25) is 0 Å². The predicted octanol–water partition coefficient (Wildman–Crippen LogP) is 6.47. The molecule has 2 aromatic heterocycles. The van der Waals surface area contributed by atoms with Crippen molar-refractivity contribution in [2.75, 3.05) is 5.32 Å². The summed E-state index contributed by atoms with van der Waals surface area (Å²) in [5.74, 6) is 0.306. The van der Waals surface area contributed by atoms with Crippen LogP contribution in [0.25, 0.3) is 22.4 Å². The lowest BCUT2D eigenvalue weighted by Crippen LogP contribution is -2.07. The number of hydrogen-bond donors (Lipinski definition) is 2. The van der Waals surface area contributed by atoms with Crippen LogP contribution in [-0.2, 0) is 6.18 Å². The van der Waals surface area contributed by atoms with E-state index in [2.05, 4.69) is 20.5 Å². The molecule has 1 unspecified atom stereocenters. The maximum absolute atomic E-state index is 13.1. The van der Waals surface area contributed by atoms with Crippen LogP contribution in [0.3, 0.4) is 0 Å². The minimum atomic E-state index is -4.39. The van der Waals surface area contributed by atoms with Crippen molar-refractivity contribution in [2.24, 2.45) is 0 Å². The normalized spacial score (nSPS) is 12.5. The van der Waals surface area contributed by atoms with Crippen molar-refractivity contribution in [3.8, 4) is 22.4 Å². The highest BCUT2D eigenvalue weighted by Gasteiger charge is 2.30. The van der Waals surface area contributed by atoms with Gasteiger partial charge in [0.1, 0.15) is 11.6 Å². The summed E-state index contributed by atoms with van der Waals surface area (Å²) >= 11 is 0. The van der Waals surface area contributed by atoms with Gasteiger partial charge in [-0.15, -0.1) is 0 Å². The number of pyridine rings is 1. The number of aromatic nitrogens is 3. The summed E-state index contributed by atoms with van der Waals surface area (Å²) in [7, 11) is 0. The molecule has 31 heavy (non-hydrogen) atoms. The molecule has 2 N–H and O–H groups in total. The Bertz CT molecular complexity index is 1170. The molecule has 0 amide bonds. The molecule has 158 valence electrons. The van der Waals surface area contributed by atoms with Crippen LogP contribution in [0, 0.1) is 5.82 Å². The second-order valence-electron chi connectivity index (χ2n) is 7.08. The summed E-state index contributed by atoms with van der Waals surface area (Å²) < 4.78 is 51.7. The molecule has 0 saturated carbocycles. The fraction of sp³-hybridized carbons (Fsp3) is 0.130. The number of nitrogens with zero attached hydrogens (tertiary/aromatic N) is 2. The highest BCUT2D eigenvalue weighted by molar-refractivity contribution is 5.81. The Labute approximate surface area is 176 Å². The molecular formula is C23H18F4N4. The highest BCUT2D eigenvalue weighted by atomic mass is 19.4. The van der Waals surface area contributed by atoms with Gasteiger partial charge in [0.15, 0.2) is 0 Å². The third-order valence-corrected chi connectivity index (χ3v) is 4.95. The van der Waals surface area contributed by atoms with Gasteiger partial charge >= 0.3 is 6.18 Å². The number of alkyl halides is 3. The number of benzene rings is 2. The van der Waals surface area contributed by atoms with E-state index >= 15 is 0 Å². The topological polar surface area (TPSA) is 53.6 Å². The van der Waals surface area contributed by atoms with E-state index in [4.69, 9.17) is 0 Å². The van der Waals surface area contributed by atoms with Crippen LogP contribution >= 0.6 is 0 Å². The van der Waals surface area contributed by atoms with E-state index < -0.39 is 11.7 Å². The van der Waals surface area contributed by atoms with E-state index in [0.717, 1.165) is 28.8 Å². The zero-order valence-electron chi connectivity index (χ0n) is 16.4. The summed E-state index contributed by atoms with van der Waals surface area (Å²) in [5, 5.41) is 10.2. The van der Waals surface area contributed by atoms with Crippen molar-refractivity contribution in [1.82, 2.24) is 15.2 Å². The van der Waals surface area contributed by atoms with Crippen molar-refractivity contribution in [2.45, 2.75) is 19.1 Å². The van der Waals surface area contributed by atoms with Crippen molar-refractivity contribution < 1.29 is 17.6 Å². The van der Waals surface area contributed by atoms with Crippen molar-refractivity contribution in [1.29, 1.82) is 0 Å². The Hall–Kier alpha value is -3.68. The van der Waals surface area contributed by atoms with E-state index in [1.165, 1.54) is 24.3 Å². The summed E-state index contributed by atoms with van der Waals surface area (Å²) in [4.78, 5) is 4.33.